The average molecular weight is 451 g/mol. The summed E-state index contributed by atoms with van der Waals surface area (Å²) >= 11 is 1.59. The predicted molar refractivity (Wildman–Crippen MR) is 119 cm³/mol. The van der Waals surface area contributed by atoms with Gasteiger partial charge in [0.2, 0.25) is 0 Å². The van der Waals surface area contributed by atoms with Crippen LogP contribution in [0.2, 0.25) is 0 Å². The zero-order valence-electron chi connectivity index (χ0n) is 17.7. The third-order valence-corrected chi connectivity index (χ3v) is 8.52. The standard InChI is InChI=1S/C20H30N6O2S2/c1-15-13-21-20(29-15)24-19-12-18(22-16(2)23-19)11-17-7-6-10-26(14-17)30(27,28)25-8-4-3-5-9-25/h12-13,17H,3-11,14H2,1-2H3,(H,21,22,23,24). The summed E-state index contributed by atoms with van der Waals surface area (Å²) in [5.41, 5.74) is 0.945. The summed E-state index contributed by atoms with van der Waals surface area (Å²) in [7, 11) is -3.35. The summed E-state index contributed by atoms with van der Waals surface area (Å²) in [4.78, 5) is 14.6. The Kier molecular flexibility index (Phi) is 6.66. The van der Waals surface area contributed by atoms with Crippen LogP contribution < -0.4 is 5.32 Å². The molecule has 2 aliphatic heterocycles. The van der Waals surface area contributed by atoms with Crippen molar-refractivity contribution in [2.75, 3.05) is 31.5 Å². The van der Waals surface area contributed by atoms with Gasteiger partial charge in [0.15, 0.2) is 5.13 Å². The molecule has 1 N–H and O–H groups in total. The number of aromatic nitrogens is 3. The fourth-order valence-electron chi connectivity index (χ4n) is 4.28. The van der Waals surface area contributed by atoms with Gasteiger partial charge in [0, 0.05) is 49.0 Å². The zero-order chi connectivity index (χ0) is 21.1. The Morgan fingerprint density at radius 1 is 1.10 bits per heavy atom. The van der Waals surface area contributed by atoms with Crippen LogP contribution in [0, 0.1) is 19.8 Å². The van der Waals surface area contributed by atoms with Crippen molar-refractivity contribution in [3.05, 3.63) is 28.7 Å². The van der Waals surface area contributed by atoms with E-state index in [1.54, 1.807) is 19.9 Å². The van der Waals surface area contributed by atoms with Gasteiger partial charge in [-0.15, -0.1) is 11.3 Å². The molecule has 0 saturated carbocycles. The molecule has 1 unspecified atom stereocenters. The third-order valence-electron chi connectivity index (χ3n) is 5.69. The molecule has 30 heavy (non-hydrogen) atoms. The highest BCUT2D eigenvalue weighted by molar-refractivity contribution is 7.86. The largest absolute Gasteiger partial charge is 0.316 e. The van der Waals surface area contributed by atoms with E-state index in [4.69, 9.17) is 0 Å². The lowest BCUT2D eigenvalue weighted by Crippen LogP contribution is -2.49. The number of aryl methyl sites for hydroxylation is 2. The van der Waals surface area contributed by atoms with Crippen molar-refractivity contribution in [2.45, 2.75) is 52.4 Å². The number of thiazole rings is 1. The first kappa shape index (κ1) is 21.6. The minimum absolute atomic E-state index is 0.266. The highest BCUT2D eigenvalue weighted by atomic mass is 32.2. The van der Waals surface area contributed by atoms with Crippen LogP contribution in [0.3, 0.4) is 0 Å². The molecule has 0 amide bonds. The van der Waals surface area contributed by atoms with Gasteiger partial charge >= 0.3 is 0 Å². The van der Waals surface area contributed by atoms with Crippen LogP contribution in [0.25, 0.3) is 0 Å². The Morgan fingerprint density at radius 3 is 2.60 bits per heavy atom. The highest BCUT2D eigenvalue weighted by Crippen LogP contribution is 2.27. The molecule has 2 aromatic heterocycles. The van der Waals surface area contributed by atoms with Crippen molar-refractivity contribution in [1.29, 1.82) is 0 Å². The molecule has 4 heterocycles. The Bertz CT molecular complexity index is 971. The molecule has 1 atom stereocenters. The van der Waals surface area contributed by atoms with E-state index >= 15 is 0 Å². The summed E-state index contributed by atoms with van der Waals surface area (Å²) in [6, 6.07) is 1.96. The van der Waals surface area contributed by atoms with Crippen molar-refractivity contribution < 1.29 is 8.42 Å². The molecule has 2 aliphatic rings. The van der Waals surface area contributed by atoms with E-state index in [0.29, 0.717) is 32.0 Å². The zero-order valence-corrected chi connectivity index (χ0v) is 19.3. The molecule has 8 nitrogen and oxygen atoms in total. The molecule has 10 heteroatoms. The van der Waals surface area contributed by atoms with Gasteiger partial charge in [0.05, 0.1) is 0 Å². The van der Waals surface area contributed by atoms with E-state index < -0.39 is 10.2 Å². The quantitative estimate of drug-likeness (QED) is 0.726. The molecule has 0 spiro atoms. The maximum absolute atomic E-state index is 13.1. The summed E-state index contributed by atoms with van der Waals surface area (Å²) in [6.07, 6.45) is 7.55. The van der Waals surface area contributed by atoms with Gasteiger partial charge in [-0.25, -0.2) is 15.0 Å². The van der Waals surface area contributed by atoms with Crippen LogP contribution in [0.4, 0.5) is 10.9 Å². The lowest BCUT2D eigenvalue weighted by atomic mass is 9.94. The number of rotatable bonds is 6. The van der Waals surface area contributed by atoms with Gasteiger partial charge in [-0.3, -0.25) is 0 Å². The maximum Gasteiger partial charge on any atom is 0.281 e. The fourth-order valence-corrected chi connectivity index (χ4v) is 6.75. The fraction of sp³-hybridized carbons (Fsp3) is 0.650. The minimum Gasteiger partial charge on any atom is -0.316 e. The Morgan fingerprint density at radius 2 is 1.87 bits per heavy atom. The smallest absolute Gasteiger partial charge is 0.281 e. The van der Waals surface area contributed by atoms with Gasteiger partial charge in [-0.1, -0.05) is 6.42 Å². The van der Waals surface area contributed by atoms with E-state index in [2.05, 4.69) is 20.3 Å². The first-order valence-corrected chi connectivity index (χ1v) is 12.9. The monoisotopic (exact) mass is 450 g/mol. The number of nitrogens with one attached hydrogen (secondary N) is 1. The SMILES string of the molecule is Cc1nc(CC2CCCN(S(=O)(=O)N3CCCCC3)C2)cc(Nc2ncc(C)s2)n1. The number of anilines is 2. The molecule has 2 saturated heterocycles. The van der Waals surface area contributed by atoms with Gasteiger partial charge < -0.3 is 5.32 Å². The second kappa shape index (κ2) is 9.25. The maximum atomic E-state index is 13.1. The first-order chi connectivity index (χ1) is 14.4. The van der Waals surface area contributed by atoms with Crippen molar-refractivity contribution in [3.63, 3.8) is 0 Å². The van der Waals surface area contributed by atoms with Crippen LogP contribution in [0.5, 0.6) is 0 Å². The van der Waals surface area contributed by atoms with E-state index in [9.17, 15) is 8.42 Å². The van der Waals surface area contributed by atoms with Gasteiger partial charge in [-0.2, -0.15) is 17.0 Å². The second-order valence-corrected chi connectivity index (χ2v) is 11.4. The number of nitrogens with zero attached hydrogens (tertiary/aromatic N) is 5. The molecule has 2 fully saturated rings. The molecular weight excluding hydrogens is 420 g/mol. The Hall–Kier alpha value is -1.62. The van der Waals surface area contributed by atoms with Crippen LogP contribution >= 0.6 is 11.3 Å². The molecule has 0 radical (unpaired) electrons. The second-order valence-electron chi connectivity index (χ2n) is 8.23. The van der Waals surface area contributed by atoms with Gasteiger partial charge in [0.1, 0.15) is 11.6 Å². The van der Waals surface area contributed by atoms with E-state index in [1.165, 1.54) is 0 Å². The van der Waals surface area contributed by atoms with E-state index in [0.717, 1.165) is 60.0 Å². The molecule has 164 valence electrons. The van der Waals surface area contributed by atoms with Crippen molar-refractivity contribution in [2.24, 2.45) is 5.92 Å². The van der Waals surface area contributed by atoms with Crippen LogP contribution in [-0.4, -0.2) is 58.2 Å². The summed E-state index contributed by atoms with van der Waals surface area (Å²) in [6.45, 7) is 6.40. The molecule has 2 aromatic rings. The molecule has 0 aromatic carbocycles. The molecular formula is C20H30N6O2S2. The third kappa shape index (κ3) is 5.16. The normalized spacial score (nSPS) is 21.6. The molecule has 0 aliphatic carbocycles. The average Bonchev–Trinajstić information content (AvgIpc) is 3.13. The van der Waals surface area contributed by atoms with Crippen LogP contribution in [-0.2, 0) is 16.6 Å². The lowest BCUT2D eigenvalue weighted by Gasteiger charge is -2.36. The first-order valence-electron chi connectivity index (χ1n) is 10.7. The number of hydrogen-bond acceptors (Lipinski definition) is 7. The van der Waals surface area contributed by atoms with E-state index in [-0.39, 0.29) is 5.92 Å². The van der Waals surface area contributed by atoms with Crippen molar-refractivity contribution in [1.82, 2.24) is 23.6 Å². The topological polar surface area (TPSA) is 91.3 Å². The molecule has 0 bridgehead atoms. The highest BCUT2D eigenvalue weighted by Gasteiger charge is 2.34. The van der Waals surface area contributed by atoms with Crippen LogP contribution in [0.1, 0.15) is 48.5 Å². The minimum atomic E-state index is -3.35. The predicted octanol–water partition coefficient (Wildman–Crippen LogP) is 3.28. The lowest BCUT2D eigenvalue weighted by molar-refractivity contribution is 0.236. The molecule has 4 rings (SSSR count). The van der Waals surface area contributed by atoms with Crippen molar-refractivity contribution in [3.8, 4) is 0 Å². The summed E-state index contributed by atoms with van der Waals surface area (Å²) < 4.78 is 29.5. The van der Waals surface area contributed by atoms with Gasteiger partial charge in [0.25, 0.3) is 10.2 Å². The van der Waals surface area contributed by atoms with Gasteiger partial charge in [-0.05, 0) is 51.9 Å². The number of hydrogen-bond donors (Lipinski definition) is 1. The Labute approximate surface area is 182 Å². The van der Waals surface area contributed by atoms with Crippen LogP contribution in [0.15, 0.2) is 12.3 Å². The summed E-state index contributed by atoms with van der Waals surface area (Å²) in [5.74, 6) is 1.71. The number of piperidine rings is 2. The van der Waals surface area contributed by atoms with E-state index in [1.807, 2.05) is 26.1 Å². The van der Waals surface area contributed by atoms with Crippen molar-refractivity contribution >= 4 is 32.5 Å². The Balaban J connectivity index is 1.43. The summed E-state index contributed by atoms with van der Waals surface area (Å²) in [5, 5.41) is 4.08.